The first-order valence-electron chi connectivity index (χ1n) is 7.80. The summed E-state index contributed by atoms with van der Waals surface area (Å²) in [6.45, 7) is 12.1. The van der Waals surface area contributed by atoms with Crippen LogP contribution in [0, 0.1) is 5.92 Å². The van der Waals surface area contributed by atoms with Crippen LogP contribution in [0.2, 0.25) is 0 Å². The lowest BCUT2D eigenvalue weighted by atomic mass is 10.1. The van der Waals surface area contributed by atoms with E-state index in [1.165, 1.54) is 0 Å². The molecule has 1 atom stereocenters. The molecule has 1 aliphatic rings. The first-order valence-corrected chi connectivity index (χ1v) is 7.80. The van der Waals surface area contributed by atoms with Crippen molar-refractivity contribution in [3.05, 3.63) is 5.82 Å². The predicted molar refractivity (Wildman–Crippen MR) is 79.4 cm³/mol. The maximum atomic E-state index is 4.31. The van der Waals surface area contributed by atoms with Crippen molar-refractivity contribution in [2.24, 2.45) is 5.92 Å². The Morgan fingerprint density at radius 3 is 2.45 bits per heavy atom. The molecule has 0 spiro atoms. The van der Waals surface area contributed by atoms with E-state index >= 15 is 0 Å². The van der Waals surface area contributed by atoms with Gasteiger partial charge in [-0.1, -0.05) is 20.8 Å². The van der Waals surface area contributed by atoms with Crippen molar-refractivity contribution in [2.45, 2.75) is 46.2 Å². The van der Waals surface area contributed by atoms with Crippen molar-refractivity contribution >= 4 is 0 Å². The van der Waals surface area contributed by atoms with E-state index in [1.807, 2.05) is 4.68 Å². The molecule has 6 nitrogen and oxygen atoms in total. The van der Waals surface area contributed by atoms with Crippen LogP contribution in [-0.4, -0.2) is 63.2 Å². The van der Waals surface area contributed by atoms with Gasteiger partial charge in [-0.05, 0) is 36.2 Å². The highest BCUT2D eigenvalue weighted by molar-refractivity contribution is 4.94. The molecule has 0 amide bonds. The Kier molecular flexibility index (Phi) is 5.48. The van der Waals surface area contributed by atoms with E-state index in [9.17, 15) is 0 Å². The Balaban J connectivity index is 2.05. The topological polar surface area (TPSA) is 50.1 Å². The summed E-state index contributed by atoms with van der Waals surface area (Å²) >= 11 is 0. The molecule has 1 aromatic rings. The van der Waals surface area contributed by atoms with E-state index in [1.54, 1.807) is 0 Å². The number of piperazine rings is 1. The number of aromatic nitrogens is 4. The predicted octanol–water partition coefficient (Wildman–Crippen LogP) is 1.42. The molecule has 2 heterocycles. The zero-order chi connectivity index (χ0) is 14.5. The average molecular weight is 280 g/mol. The van der Waals surface area contributed by atoms with E-state index in [2.05, 4.69) is 53.1 Å². The van der Waals surface area contributed by atoms with Crippen molar-refractivity contribution in [3.8, 4) is 0 Å². The molecule has 1 saturated heterocycles. The molecular formula is C14H28N6. The van der Waals surface area contributed by atoms with Gasteiger partial charge in [0.05, 0.1) is 6.04 Å². The third-order valence-electron chi connectivity index (χ3n) is 4.14. The fourth-order valence-corrected chi connectivity index (χ4v) is 2.73. The fraction of sp³-hybridized carbons (Fsp3) is 0.929. The number of hydrogen-bond acceptors (Lipinski definition) is 5. The van der Waals surface area contributed by atoms with E-state index in [0.29, 0.717) is 12.0 Å². The van der Waals surface area contributed by atoms with Crippen LogP contribution < -0.4 is 0 Å². The molecule has 0 aliphatic carbocycles. The van der Waals surface area contributed by atoms with Crippen molar-refractivity contribution < 1.29 is 0 Å². The van der Waals surface area contributed by atoms with Gasteiger partial charge in [-0.2, -0.15) is 0 Å². The van der Waals surface area contributed by atoms with E-state index in [0.717, 1.165) is 51.4 Å². The molecule has 0 radical (unpaired) electrons. The fourth-order valence-electron chi connectivity index (χ4n) is 2.73. The number of hydrogen-bond donors (Lipinski definition) is 0. The minimum atomic E-state index is 0.353. The second kappa shape index (κ2) is 7.13. The highest BCUT2D eigenvalue weighted by Gasteiger charge is 2.26. The monoisotopic (exact) mass is 280 g/mol. The lowest BCUT2D eigenvalue weighted by Crippen LogP contribution is -2.46. The maximum absolute atomic E-state index is 4.31. The summed E-state index contributed by atoms with van der Waals surface area (Å²) in [6.07, 6.45) is 2.18. The molecule has 0 N–H and O–H groups in total. The van der Waals surface area contributed by atoms with Gasteiger partial charge >= 0.3 is 0 Å². The highest BCUT2D eigenvalue weighted by Crippen LogP contribution is 2.23. The Hall–Kier alpha value is -1.01. The summed E-state index contributed by atoms with van der Waals surface area (Å²) in [7, 11) is 2.19. The van der Waals surface area contributed by atoms with Gasteiger partial charge in [-0.3, -0.25) is 4.90 Å². The number of aryl methyl sites for hydroxylation is 1. The number of nitrogens with zero attached hydrogens (tertiary/aromatic N) is 6. The van der Waals surface area contributed by atoms with Crippen molar-refractivity contribution in [1.82, 2.24) is 30.0 Å². The van der Waals surface area contributed by atoms with Gasteiger partial charge in [0.25, 0.3) is 0 Å². The van der Waals surface area contributed by atoms with Crippen LogP contribution in [0.4, 0.5) is 0 Å². The van der Waals surface area contributed by atoms with E-state index in [4.69, 9.17) is 0 Å². The molecule has 20 heavy (non-hydrogen) atoms. The minimum Gasteiger partial charge on any atom is -0.304 e. The first kappa shape index (κ1) is 15.4. The van der Waals surface area contributed by atoms with Gasteiger partial charge in [-0.15, -0.1) is 5.10 Å². The van der Waals surface area contributed by atoms with E-state index in [-0.39, 0.29) is 0 Å². The summed E-state index contributed by atoms with van der Waals surface area (Å²) in [5.41, 5.74) is 0. The smallest absolute Gasteiger partial charge is 0.168 e. The van der Waals surface area contributed by atoms with Crippen LogP contribution >= 0.6 is 0 Å². The second-order valence-corrected chi connectivity index (χ2v) is 6.21. The summed E-state index contributed by atoms with van der Waals surface area (Å²) in [5, 5.41) is 12.4. The summed E-state index contributed by atoms with van der Waals surface area (Å²) in [5.74, 6) is 1.72. The van der Waals surface area contributed by atoms with Crippen LogP contribution in [0.5, 0.6) is 0 Å². The highest BCUT2D eigenvalue weighted by atomic mass is 15.5. The molecule has 1 fully saturated rings. The van der Waals surface area contributed by atoms with Crippen LogP contribution in [0.3, 0.4) is 0 Å². The van der Waals surface area contributed by atoms with Crippen LogP contribution in [0.1, 0.15) is 45.5 Å². The summed E-state index contributed by atoms with van der Waals surface area (Å²) in [4.78, 5) is 4.91. The standard InChI is InChI=1S/C14H28N6/c1-5-13(19-10-8-18(4)9-11-19)14-15-16-17-20(14)7-6-12(2)3/h12-13H,5-11H2,1-4H3. The van der Waals surface area contributed by atoms with E-state index < -0.39 is 0 Å². The lowest BCUT2D eigenvalue weighted by molar-refractivity contribution is 0.102. The molecule has 0 aromatic carbocycles. The SMILES string of the molecule is CCC(c1nnnn1CCC(C)C)N1CCN(C)CC1. The van der Waals surface area contributed by atoms with Gasteiger partial charge in [0.15, 0.2) is 5.82 Å². The molecule has 6 heteroatoms. The lowest BCUT2D eigenvalue weighted by Gasteiger charge is -2.36. The van der Waals surface area contributed by atoms with Crippen molar-refractivity contribution in [3.63, 3.8) is 0 Å². The van der Waals surface area contributed by atoms with Crippen LogP contribution in [-0.2, 0) is 6.54 Å². The molecular weight excluding hydrogens is 252 g/mol. The molecule has 0 bridgehead atoms. The molecule has 1 aromatic heterocycles. The third kappa shape index (κ3) is 3.76. The quantitative estimate of drug-likeness (QED) is 0.789. The molecule has 1 aliphatic heterocycles. The van der Waals surface area contributed by atoms with Crippen LogP contribution in [0.15, 0.2) is 0 Å². The van der Waals surface area contributed by atoms with Crippen LogP contribution in [0.25, 0.3) is 0 Å². The Morgan fingerprint density at radius 2 is 1.85 bits per heavy atom. The summed E-state index contributed by atoms with van der Waals surface area (Å²) in [6, 6.07) is 0.353. The zero-order valence-corrected chi connectivity index (χ0v) is 13.3. The number of rotatable bonds is 6. The molecule has 114 valence electrons. The Morgan fingerprint density at radius 1 is 1.15 bits per heavy atom. The second-order valence-electron chi connectivity index (χ2n) is 6.21. The van der Waals surface area contributed by atoms with Crippen molar-refractivity contribution in [1.29, 1.82) is 0 Å². The normalized spacial score (nSPS) is 19.6. The number of likely N-dealkylation sites (N-methyl/N-ethyl adjacent to an activating group) is 1. The Labute approximate surface area is 122 Å². The van der Waals surface area contributed by atoms with Crippen molar-refractivity contribution in [2.75, 3.05) is 33.2 Å². The van der Waals surface area contributed by atoms with Gasteiger partial charge in [0, 0.05) is 32.7 Å². The largest absolute Gasteiger partial charge is 0.304 e. The average Bonchev–Trinajstić information content (AvgIpc) is 2.88. The molecule has 2 rings (SSSR count). The van der Waals surface area contributed by atoms with Gasteiger partial charge < -0.3 is 4.90 Å². The number of tetrazole rings is 1. The minimum absolute atomic E-state index is 0.353. The zero-order valence-electron chi connectivity index (χ0n) is 13.3. The third-order valence-corrected chi connectivity index (χ3v) is 4.14. The first-order chi connectivity index (χ1) is 9.61. The van der Waals surface area contributed by atoms with Gasteiger partial charge in [0.2, 0.25) is 0 Å². The maximum Gasteiger partial charge on any atom is 0.168 e. The Bertz CT molecular complexity index is 394. The van der Waals surface area contributed by atoms with Gasteiger partial charge in [0.1, 0.15) is 0 Å². The molecule has 1 unspecified atom stereocenters. The molecule has 0 saturated carbocycles. The summed E-state index contributed by atoms with van der Waals surface area (Å²) < 4.78 is 2.01. The van der Waals surface area contributed by atoms with Gasteiger partial charge in [-0.25, -0.2) is 4.68 Å².